The molecule has 0 aliphatic carbocycles. The first-order valence-corrected chi connectivity index (χ1v) is 13.4. The van der Waals surface area contributed by atoms with Crippen molar-refractivity contribution in [1.82, 2.24) is 14.7 Å². The Labute approximate surface area is 229 Å². The second kappa shape index (κ2) is 10.6. The van der Waals surface area contributed by atoms with E-state index in [2.05, 4.69) is 10.00 Å². The van der Waals surface area contributed by atoms with Gasteiger partial charge in [-0.3, -0.25) is 14.4 Å². The maximum atomic E-state index is 15.5. The zero-order valence-corrected chi connectivity index (χ0v) is 22.0. The number of nitrogens with zero attached hydrogens (tertiary/aromatic N) is 3. The fourth-order valence-corrected chi connectivity index (χ4v) is 6.12. The molecule has 3 aromatic rings. The first kappa shape index (κ1) is 26.4. The lowest BCUT2D eigenvalue weighted by Gasteiger charge is -2.37. The van der Waals surface area contributed by atoms with Crippen LogP contribution in [0.3, 0.4) is 0 Å². The molecule has 4 heterocycles. The summed E-state index contributed by atoms with van der Waals surface area (Å²) in [7, 11) is 0. The molecule has 3 aliphatic rings. The number of hydrogen-bond donors (Lipinski definition) is 0. The molecule has 0 amide bonds. The van der Waals surface area contributed by atoms with Crippen LogP contribution in [-0.4, -0.2) is 52.5 Å². The third kappa shape index (κ3) is 4.62. The van der Waals surface area contributed by atoms with Gasteiger partial charge in [0.1, 0.15) is 18.0 Å². The molecule has 0 N–H and O–H groups in total. The lowest BCUT2D eigenvalue weighted by atomic mass is 9.80. The Morgan fingerprint density at radius 2 is 1.98 bits per heavy atom. The van der Waals surface area contributed by atoms with Gasteiger partial charge in [-0.15, -0.1) is 0 Å². The minimum atomic E-state index is -1.15. The lowest BCUT2D eigenvalue weighted by molar-refractivity contribution is -0.0534. The molecule has 2 aromatic carbocycles. The molecule has 6 atom stereocenters. The van der Waals surface area contributed by atoms with Gasteiger partial charge in [-0.1, -0.05) is 42.5 Å². The van der Waals surface area contributed by atoms with Gasteiger partial charge >= 0.3 is 6.16 Å². The van der Waals surface area contributed by atoms with E-state index >= 15 is 4.39 Å². The van der Waals surface area contributed by atoms with E-state index in [1.807, 2.05) is 30.3 Å². The van der Waals surface area contributed by atoms with Crippen LogP contribution in [0.25, 0.3) is 0 Å². The summed E-state index contributed by atoms with van der Waals surface area (Å²) >= 11 is 0. The Morgan fingerprint density at radius 1 is 1.18 bits per heavy atom. The molecule has 210 valence electrons. The Morgan fingerprint density at radius 3 is 2.75 bits per heavy atom. The second-order valence-corrected chi connectivity index (χ2v) is 10.1. The minimum absolute atomic E-state index is 0.0722. The van der Waals surface area contributed by atoms with Crippen molar-refractivity contribution in [3.05, 3.63) is 93.4 Å². The highest BCUT2D eigenvalue weighted by molar-refractivity contribution is 5.59. The van der Waals surface area contributed by atoms with Gasteiger partial charge in [0.25, 0.3) is 0 Å². The van der Waals surface area contributed by atoms with E-state index in [1.54, 1.807) is 17.7 Å². The predicted octanol–water partition coefficient (Wildman–Crippen LogP) is 4.67. The minimum Gasteiger partial charge on any atom is -0.449 e. The largest absolute Gasteiger partial charge is 0.511 e. The fraction of sp³-hybridized carbons (Fsp3) is 0.414. The van der Waals surface area contributed by atoms with Crippen LogP contribution in [0.2, 0.25) is 0 Å². The number of ether oxygens (including phenoxy) is 4. The Hall–Kier alpha value is -3.83. The third-order valence-corrected chi connectivity index (χ3v) is 7.71. The lowest BCUT2D eigenvalue weighted by Crippen LogP contribution is -2.41. The molecule has 0 spiro atoms. The van der Waals surface area contributed by atoms with Gasteiger partial charge in [-0.05, 0) is 31.4 Å². The predicted molar refractivity (Wildman–Crippen MR) is 138 cm³/mol. The van der Waals surface area contributed by atoms with E-state index < -0.39 is 47.6 Å². The van der Waals surface area contributed by atoms with Crippen LogP contribution in [0.1, 0.15) is 61.6 Å². The maximum absolute atomic E-state index is 15.5. The average molecular weight is 554 g/mol. The number of hydrogen-bond acceptors (Lipinski definition) is 8. The zero-order valence-electron chi connectivity index (χ0n) is 22.0. The van der Waals surface area contributed by atoms with Crippen LogP contribution >= 0.6 is 0 Å². The standard InChI is InChI=1S/C29H29F2N3O6/c1-3-37-29(36)39-16(2)38-26-21(35)15-32-34-24(20-13-8-14-33(20)28-27(40-28)25(26)34)22(17-9-5-4-6-10-17)18-11-7-12-19(30)23(18)31/h4-7,9-12,15-16,20,22,24,27-28H,3,8,13-14H2,1-2H3/t16?,20-,22-,24-,27?,28?/m1/s1. The number of carbonyl (C=O) groups is 1. The molecule has 2 saturated heterocycles. The summed E-state index contributed by atoms with van der Waals surface area (Å²) in [5, 5.41) is 4.55. The number of epoxide rings is 1. The van der Waals surface area contributed by atoms with Gasteiger partial charge in [0, 0.05) is 31.0 Å². The summed E-state index contributed by atoms with van der Waals surface area (Å²) in [6.45, 7) is 3.98. The van der Waals surface area contributed by atoms with Crippen LogP contribution in [0.4, 0.5) is 13.6 Å². The van der Waals surface area contributed by atoms with Gasteiger partial charge in [0.2, 0.25) is 11.7 Å². The number of rotatable bonds is 7. The van der Waals surface area contributed by atoms with E-state index in [4.69, 9.17) is 18.9 Å². The smallest absolute Gasteiger partial charge is 0.449 e. The van der Waals surface area contributed by atoms with Crippen molar-refractivity contribution in [2.45, 2.75) is 63.3 Å². The Balaban J connectivity index is 1.52. The molecule has 3 aliphatic heterocycles. The average Bonchev–Trinajstić information content (AvgIpc) is 3.59. The summed E-state index contributed by atoms with van der Waals surface area (Å²) in [5.41, 5.74) is 0.809. The Kier molecular flexibility index (Phi) is 7.01. The molecule has 40 heavy (non-hydrogen) atoms. The topological polar surface area (TPSA) is 95.4 Å². The number of benzene rings is 2. The van der Waals surface area contributed by atoms with Crippen molar-refractivity contribution < 1.29 is 32.5 Å². The van der Waals surface area contributed by atoms with Crippen molar-refractivity contribution in [2.75, 3.05) is 13.2 Å². The highest BCUT2D eigenvalue weighted by Crippen LogP contribution is 2.54. The molecule has 0 bridgehead atoms. The molecule has 11 heteroatoms. The summed E-state index contributed by atoms with van der Waals surface area (Å²) in [6, 6.07) is 12.8. The summed E-state index contributed by atoms with van der Waals surface area (Å²) in [4.78, 5) is 27.2. The number of fused-ring (bicyclic) bond motifs is 5. The summed E-state index contributed by atoms with van der Waals surface area (Å²) < 4.78 is 53.7. The van der Waals surface area contributed by atoms with E-state index in [9.17, 15) is 14.0 Å². The van der Waals surface area contributed by atoms with Crippen LogP contribution in [-0.2, 0) is 14.2 Å². The van der Waals surface area contributed by atoms with Gasteiger partial charge in [0.05, 0.1) is 18.8 Å². The van der Waals surface area contributed by atoms with E-state index in [0.717, 1.165) is 37.2 Å². The molecule has 0 saturated carbocycles. The molecule has 6 rings (SSSR count). The van der Waals surface area contributed by atoms with E-state index in [-0.39, 0.29) is 30.2 Å². The zero-order chi connectivity index (χ0) is 28.0. The normalized spacial score (nSPS) is 24.6. The number of aromatic nitrogens is 2. The number of carbonyl (C=O) groups excluding carboxylic acids is 1. The van der Waals surface area contributed by atoms with Crippen molar-refractivity contribution in [3.63, 3.8) is 0 Å². The molecular formula is C29H29F2N3O6. The van der Waals surface area contributed by atoms with Crippen molar-refractivity contribution >= 4 is 6.16 Å². The molecule has 1 aromatic heterocycles. The first-order chi connectivity index (χ1) is 19.4. The van der Waals surface area contributed by atoms with Crippen LogP contribution < -0.4 is 10.2 Å². The summed E-state index contributed by atoms with van der Waals surface area (Å²) in [6.07, 6.45) is -0.152. The molecule has 0 radical (unpaired) electrons. The molecule has 9 nitrogen and oxygen atoms in total. The highest BCUT2D eigenvalue weighted by Gasteiger charge is 2.58. The van der Waals surface area contributed by atoms with Crippen LogP contribution in [0.15, 0.2) is 59.5 Å². The highest BCUT2D eigenvalue weighted by atomic mass is 19.2. The van der Waals surface area contributed by atoms with Gasteiger partial charge in [-0.25, -0.2) is 13.6 Å². The SMILES string of the molecule is CCOC(=O)OC(C)Oc1c2n(ncc1=O)[C@@H]([C@H](c1ccccc1)c1cccc(F)c1F)[C@H]1CCCN1C1OC21. The third-order valence-electron chi connectivity index (χ3n) is 7.71. The number of halogens is 2. The van der Waals surface area contributed by atoms with Crippen molar-refractivity contribution in [1.29, 1.82) is 0 Å². The van der Waals surface area contributed by atoms with Crippen LogP contribution in [0.5, 0.6) is 5.75 Å². The molecule has 2 fully saturated rings. The quantitative estimate of drug-likeness (QED) is 0.237. The van der Waals surface area contributed by atoms with Gasteiger partial charge in [0.15, 0.2) is 17.4 Å². The van der Waals surface area contributed by atoms with Crippen LogP contribution in [0, 0.1) is 11.6 Å². The first-order valence-electron chi connectivity index (χ1n) is 13.4. The molecular weight excluding hydrogens is 524 g/mol. The summed E-state index contributed by atoms with van der Waals surface area (Å²) in [5.74, 6) is -2.60. The van der Waals surface area contributed by atoms with Gasteiger partial charge < -0.3 is 18.9 Å². The Bertz CT molecular complexity index is 1470. The van der Waals surface area contributed by atoms with Crippen molar-refractivity contribution in [2.24, 2.45) is 0 Å². The second-order valence-electron chi connectivity index (χ2n) is 10.1. The maximum Gasteiger partial charge on any atom is 0.511 e. The molecule has 3 unspecified atom stereocenters. The van der Waals surface area contributed by atoms with Crippen molar-refractivity contribution in [3.8, 4) is 5.75 Å². The fourth-order valence-electron chi connectivity index (χ4n) is 6.12. The van der Waals surface area contributed by atoms with Gasteiger partial charge in [-0.2, -0.15) is 5.10 Å². The monoisotopic (exact) mass is 553 g/mol. The van der Waals surface area contributed by atoms with E-state index in [1.165, 1.54) is 13.0 Å². The van der Waals surface area contributed by atoms with E-state index in [0.29, 0.717) is 5.69 Å².